The van der Waals surface area contributed by atoms with E-state index in [1.165, 1.54) is 6.26 Å². The topological polar surface area (TPSA) is 91.0 Å². The molecule has 0 fully saturated rings. The molecule has 0 spiro atoms. The number of carbonyl (C=O) groups excluding carboxylic acids is 2. The second-order valence-electron chi connectivity index (χ2n) is 7.71. The molecule has 3 amide bonds. The van der Waals surface area contributed by atoms with Crippen molar-refractivity contribution in [3.63, 3.8) is 0 Å². The predicted molar refractivity (Wildman–Crippen MR) is 119 cm³/mol. The monoisotopic (exact) mass is 424 g/mol. The van der Waals surface area contributed by atoms with Gasteiger partial charge in [-0.1, -0.05) is 0 Å². The van der Waals surface area contributed by atoms with E-state index in [-0.39, 0.29) is 23.7 Å². The number of hydrogen-bond donors (Lipinski definition) is 2. The molecule has 2 heterocycles. The summed E-state index contributed by atoms with van der Waals surface area (Å²) in [5.41, 5.74) is 2.44. The van der Waals surface area contributed by atoms with E-state index in [1.54, 1.807) is 29.4 Å². The smallest absolute Gasteiger partial charge is 0.318 e. The average molecular weight is 425 g/mol. The number of anilines is 2. The molecule has 2 N–H and O–H groups in total. The van der Waals surface area contributed by atoms with Gasteiger partial charge in [-0.15, -0.1) is 0 Å². The number of carbonyl (C=O) groups is 2. The number of amides is 3. The zero-order chi connectivity index (χ0) is 22.4. The molecule has 0 atom stereocenters. The maximum absolute atomic E-state index is 12.9. The molecule has 164 valence electrons. The average Bonchev–Trinajstić information content (AvgIpc) is 3.41. The molecule has 31 heavy (non-hydrogen) atoms. The zero-order valence-electron chi connectivity index (χ0n) is 18.2. The molecule has 3 rings (SSSR count). The minimum atomic E-state index is -0.335. The van der Waals surface area contributed by atoms with Crippen LogP contribution >= 0.6 is 0 Å². The van der Waals surface area contributed by atoms with Crippen LogP contribution in [0.1, 0.15) is 35.7 Å². The second-order valence-corrected chi connectivity index (χ2v) is 7.71. The lowest BCUT2D eigenvalue weighted by Crippen LogP contribution is -2.42. The maximum Gasteiger partial charge on any atom is 0.318 e. The molecule has 0 aliphatic heterocycles. The third-order valence-corrected chi connectivity index (χ3v) is 4.55. The van der Waals surface area contributed by atoms with Crippen molar-refractivity contribution in [1.82, 2.24) is 10.2 Å². The highest BCUT2D eigenvalue weighted by molar-refractivity contribution is 6.02. The lowest BCUT2D eigenvalue weighted by atomic mass is 10.1. The third kappa shape index (κ3) is 5.91. The van der Waals surface area contributed by atoms with Gasteiger partial charge in [0.25, 0.3) is 5.91 Å². The van der Waals surface area contributed by atoms with Gasteiger partial charge in [0.2, 0.25) is 0 Å². The molecule has 2 aromatic heterocycles. The molecule has 0 bridgehead atoms. The van der Waals surface area contributed by atoms with Gasteiger partial charge in [0.1, 0.15) is 5.76 Å². The Balaban J connectivity index is 1.87. The highest BCUT2D eigenvalue weighted by atomic mass is 16.3. The largest absolute Gasteiger partial charge is 0.467 e. The Morgan fingerprint density at radius 1 is 1.00 bits per heavy atom. The molecule has 8 heteroatoms. The SMILES string of the molecule is CC(C)NC(=O)N(Cc1ccco1)Cc1cc(NC(=O)c2ccco2)ccc1N(C)C. The van der Waals surface area contributed by atoms with Crippen molar-refractivity contribution in [2.75, 3.05) is 24.3 Å². The van der Waals surface area contributed by atoms with Crippen LogP contribution in [-0.4, -0.2) is 37.0 Å². The quantitative estimate of drug-likeness (QED) is 0.562. The Bertz CT molecular complexity index is 995. The van der Waals surface area contributed by atoms with Crippen molar-refractivity contribution in [2.45, 2.75) is 33.0 Å². The maximum atomic E-state index is 12.9. The predicted octanol–water partition coefficient (Wildman–Crippen LogP) is 4.31. The van der Waals surface area contributed by atoms with Gasteiger partial charge in [-0.2, -0.15) is 0 Å². The zero-order valence-corrected chi connectivity index (χ0v) is 18.2. The van der Waals surface area contributed by atoms with Crippen LogP contribution in [0.3, 0.4) is 0 Å². The number of nitrogens with one attached hydrogen (secondary N) is 2. The number of furan rings is 2. The summed E-state index contributed by atoms with van der Waals surface area (Å²) in [5.74, 6) is 0.583. The molecular weight excluding hydrogens is 396 g/mol. The number of hydrogen-bond acceptors (Lipinski definition) is 5. The molecule has 1 aromatic carbocycles. The fraction of sp³-hybridized carbons (Fsp3) is 0.304. The van der Waals surface area contributed by atoms with E-state index in [0.29, 0.717) is 24.5 Å². The fourth-order valence-corrected chi connectivity index (χ4v) is 3.16. The van der Waals surface area contributed by atoms with Crippen LogP contribution in [0.4, 0.5) is 16.2 Å². The van der Waals surface area contributed by atoms with E-state index in [0.717, 1.165) is 11.3 Å². The Morgan fingerprint density at radius 2 is 1.74 bits per heavy atom. The standard InChI is InChI=1S/C23H28N4O4/c1-16(2)24-23(29)27(15-19-7-5-11-30-19)14-17-13-18(9-10-20(17)26(3)4)25-22(28)21-8-6-12-31-21/h5-13,16H,14-15H2,1-4H3,(H,24,29)(H,25,28). The van der Waals surface area contributed by atoms with Gasteiger partial charge in [0.05, 0.1) is 25.6 Å². The molecule has 0 saturated carbocycles. The van der Waals surface area contributed by atoms with Gasteiger partial charge < -0.3 is 29.3 Å². The first kappa shape index (κ1) is 22.0. The summed E-state index contributed by atoms with van der Waals surface area (Å²) in [6, 6.07) is 12.3. The van der Waals surface area contributed by atoms with Gasteiger partial charge in [0.15, 0.2) is 5.76 Å². The van der Waals surface area contributed by atoms with Crippen LogP contribution in [0.2, 0.25) is 0 Å². The highest BCUT2D eigenvalue weighted by Gasteiger charge is 2.19. The minimum Gasteiger partial charge on any atom is -0.467 e. The summed E-state index contributed by atoms with van der Waals surface area (Å²) in [7, 11) is 3.87. The summed E-state index contributed by atoms with van der Waals surface area (Å²) in [4.78, 5) is 28.9. The lowest BCUT2D eigenvalue weighted by molar-refractivity contribution is 0.0996. The summed E-state index contributed by atoms with van der Waals surface area (Å²) >= 11 is 0. The number of benzene rings is 1. The molecule has 3 aromatic rings. The van der Waals surface area contributed by atoms with Crippen LogP contribution < -0.4 is 15.5 Å². The summed E-state index contributed by atoms with van der Waals surface area (Å²) in [6.07, 6.45) is 3.04. The number of nitrogens with zero attached hydrogens (tertiary/aromatic N) is 2. The van der Waals surface area contributed by atoms with E-state index >= 15 is 0 Å². The molecule has 0 aliphatic rings. The van der Waals surface area contributed by atoms with Crippen molar-refractivity contribution < 1.29 is 18.4 Å². The first-order valence-corrected chi connectivity index (χ1v) is 10.1. The van der Waals surface area contributed by atoms with E-state index in [4.69, 9.17) is 8.83 Å². The van der Waals surface area contributed by atoms with Crippen molar-refractivity contribution in [3.05, 3.63) is 72.1 Å². The van der Waals surface area contributed by atoms with Gasteiger partial charge in [0, 0.05) is 31.5 Å². The van der Waals surface area contributed by atoms with Gasteiger partial charge in [-0.3, -0.25) is 4.79 Å². The Labute approximate surface area is 181 Å². The van der Waals surface area contributed by atoms with E-state index in [2.05, 4.69) is 10.6 Å². The van der Waals surface area contributed by atoms with Crippen LogP contribution in [-0.2, 0) is 13.1 Å². The van der Waals surface area contributed by atoms with Crippen molar-refractivity contribution in [2.24, 2.45) is 0 Å². The van der Waals surface area contributed by atoms with Crippen LogP contribution in [0.15, 0.2) is 63.8 Å². The van der Waals surface area contributed by atoms with E-state index < -0.39 is 0 Å². The molecule has 0 radical (unpaired) electrons. The fourth-order valence-electron chi connectivity index (χ4n) is 3.16. The summed E-state index contributed by atoms with van der Waals surface area (Å²) in [5, 5.41) is 5.78. The van der Waals surface area contributed by atoms with Gasteiger partial charge in [-0.05, 0) is 61.9 Å². The van der Waals surface area contributed by atoms with E-state index in [1.807, 2.05) is 57.1 Å². The summed E-state index contributed by atoms with van der Waals surface area (Å²) in [6.45, 7) is 4.48. The Hall–Kier alpha value is -3.68. The normalized spacial score (nSPS) is 10.7. The van der Waals surface area contributed by atoms with Crippen molar-refractivity contribution >= 4 is 23.3 Å². The third-order valence-electron chi connectivity index (χ3n) is 4.55. The van der Waals surface area contributed by atoms with Crippen LogP contribution in [0.25, 0.3) is 0 Å². The molecule has 8 nitrogen and oxygen atoms in total. The number of rotatable bonds is 8. The first-order chi connectivity index (χ1) is 14.8. The molecule has 0 aliphatic carbocycles. The van der Waals surface area contributed by atoms with Gasteiger partial charge in [-0.25, -0.2) is 4.79 Å². The minimum absolute atomic E-state index is 0.00108. The van der Waals surface area contributed by atoms with Crippen molar-refractivity contribution in [1.29, 1.82) is 0 Å². The van der Waals surface area contributed by atoms with Crippen molar-refractivity contribution in [3.8, 4) is 0 Å². The van der Waals surface area contributed by atoms with E-state index in [9.17, 15) is 9.59 Å². The number of urea groups is 1. The highest BCUT2D eigenvalue weighted by Crippen LogP contribution is 2.26. The van der Waals surface area contributed by atoms with Gasteiger partial charge >= 0.3 is 6.03 Å². The Morgan fingerprint density at radius 3 is 2.35 bits per heavy atom. The Kier molecular flexibility index (Phi) is 7.02. The van der Waals surface area contributed by atoms with Crippen LogP contribution in [0.5, 0.6) is 0 Å². The lowest BCUT2D eigenvalue weighted by Gasteiger charge is -2.26. The molecule has 0 saturated heterocycles. The molecule has 0 unspecified atom stereocenters. The first-order valence-electron chi connectivity index (χ1n) is 10.1. The second kappa shape index (κ2) is 9.88. The molecular formula is C23H28N4O4. The summed E-state index contributed by atoms with van der Waals surface area (Å²) < 4.78 is 10.6. The van der Waals surface area contributed by atoms with Crippen LogP contribution in [0, 0.1) is 0 Å².